The number of nitrogens with one attached hydrogen (secondary N) is 2. The van der Waals surface area contributed by atoms with Gasteiger partial charge in [-0.3, -0.25) is 19.7 Å². The summed E-state index contributed by atoms with van der Waals surface area (Å²) in [6.45, 7) is 0. The first-order valence-electron chi connectivity index (χ1n) is 12.4. The molecule has 0 saturated carbocycles. The van der Waals surface area contributed by atoms with Crippen LogP contribution in [0.5, 0.6) is 0 Å². The summed E-state index contributed by atoms with van der Waals surface area (Å²) in [6.07, 6.45) is -2.36. The van der Waals surface area contributed by atoms with Gasteiger partial charge in [0.2, 0.25) is 5.91 Å². The quantitative estimate of drug-likeness (QED) is 0.339. The maximum Gasteiger partial charge on any atom is 0.414 e. The van der Waals surface area contributed by atoms with Crippen molar-refractivity contribution in [3.63, 3.8) is 0 Å². The number of para-hydroxylation sites is 1. The van der Waals surface area contributed by atoms with Crippen LogP contribution in [0.3, 0.4) is 0 Å². The molecule has 0 spiro atoms. The summed E-state index contributed by atoms with van der Waals surface area (Å²) < 4.78 is 4.95. The predicted octanol–water partition coefficient (Wildman–Crippen LogP) is 5.20. The highest BCUT2D eigenvalue weighted by Crippen LogP contribution is 2.38. The van der Waals surface area contributed by atoms with Crippen molar-refractivity contribution in [3.05, 3.63) is 104 Å². The molecule has 1 aromatic heterocycles. The van der Waals surface area contributed by atoms with E-state index in [4.69, 9.17) is 27.9 Å². The second-order valence-corrected chi connectivity index (χ2v) is 10.3. The fourth-order valence-electron chi connectivity index (χ4n) is 5.05. The van der Waals surface area contributed by atoms with E-state index in [1.165, 1.54) is 5.01 Å². The number of alkyl carbamates (subject to hydrolysis) is 1. The van der Waals surface area contributed by atoms with Crippen LogP contribution in [0, 0.1) is 0 Å². The smallest absolute Gasteiger partial charge is 0.414 e. The Morgan fingerprint density at radius 3 is 2.27 bits per heavy atom. The molecule has 3 heterocycles. The number of H-pyrrole nitrogens is 1. The van der Waals surface area contributed by atoms with E-state index >= 15 is 0 Å². The Kier molecular flexibility index (Phi) is 6.61. The minimum absolute atomic E-state index is 0.214. The monoisotopic (exact) mass is 574 g/mol. The molecule has 0 radical (unpaired) electrons. The number of imide groups is 1. The number of amides is 3. The Balaban J connectivity index is 1.49. The maximum absolute atomic E-state index is 13.6. The number of ether oxygens (including phenoxy) is 1. The number of nitrogens with zero attached hydrogens (tertiary/aromatic N) is 2. The van der Waals surface area contributed by atoms with Gasteiger partial charge in [-0.05, 0) is 41.5 Å². The molecule has 0 aliphatic carbocycles. The van der Waals surface area contributed by atoms with Gasteiger partial charge >= 0.3 is 6.09 Å². The van der Waals surface area contributed by atoms with Crippen molar-refractivity contribution >= 4 is 57.7 Å². The molecular weight excluding hydrogens is 555 g/mol. The van der Waals surface area contributed by atoms with Crippen molar-refractivity contribution in [2.45, 2.75) is 25.0 Å². The van der Waals surface area contributed by atoms with Crippen LogP contribution in [0.25, 0.3) is 22.0 Å². The topological polar surface area (TPSA) is 121 Å². The van der Waals surface area contributed by atoms with E-state index in [1.54, 1.807) is 36.4 Å². The van der Waals surface area contributed by atoms with Crippen LogP contribution in [-0.4, -0.2) is 39.7 Å². The van der Waals surface area contributed by atoms with E-state index in [0.29, 0.717) is 32.4 Å². The van der Waals surface area contributed by atoms with Gasteiger partial charge in [0, 0.05) is 32.9 Å². The minimum atomic E-state index is -1.26. The molecule has 2 N–H and O–H groups in total. The van der Waals surface area contributed by atoms with Crippen LogP contribution < -0.4 is 10.9 Å². The lowest BCUT2D eigenvalue weighted by Crippen LogP contribution is -2.33. The number of aromatic nitrogens is 1. The van der Waals surface area contributed by atoms with Crippen LogP contribution in [0.2, 0.25) is 10.0 Å². The fourth-order valence-corrected chi connectivity index (χ4v) is 5.30. The molecule has 4 aromatic rings. The van der Waals surface area contributed by atoms with Gasteiger partial charge in [0.25, 0.3) is 11.5 Å². The molecule has 200 valence electrons. The first-order chi connectivity index (χ1) is 19.3. The molecule has 2 unspecified atom stereocenters. The van der Waals surface area contributed by atoms with Gasteiger partial charge in [-0.15, -0.1) is 0 Å². The third kappa shape index (κ3) is 4.74. The number of hydrazone groups is 1. The van der Waals surface area contributed by atoms with Gasteiger partial charge in [-0.1, -0.05) is 65.7 Å². The molecule has 2 atom stereocenters. The number of benzene rings is 3. The Morgan fingerprint density at radius 1 is 0.925 bits per heavy atom. The zero-order chi connectivity index (χ0) is 28.0. The van der Waals surface area contributed by atoms with Gasteiger partial charge in [0.1, 0.15) is 0 Å². The summed E-state index contributed by atoms with van der Waals surface area (Å²) in [7, 11) is 0. The average molecular weight is 575 g/mol. The SMILES string of the molecule is O=C1NC(=O)C(CC(=O)N2N=C(c3c(-c4ccc(Cl)cc4)c4ccccc4[nH]c3=O)CC2c2ccc(Cl)cc2)O1. The van der Waals surface area contributed by atoms with E-state index in [0.717, 1.165) is 16.5 Å². The highest BCUT2D eigenvalue weighted by atomic mass is 35.5. The average Bonchev–Trinajstić information content (AvgIpc) is 3.51. The Labute approximate surface area is 237 Å². The summed E-state index contributed by atoms with van der Waals surface area (Å²) in [5, 5.41) is 9.78. The van der Waals surface area contributed by atoms with Crippen LogP contribution >= 0.6 is 23.2 Å². The highest BCUT2D eigenvalue weighted by Gasteiger charge is 2.40. The van der Waals surface area contributed by atoms with Crippen LogP contribution in [-0.2, 0) is 14.3 Å². The van der Waals surface area contributed by atoms with E-state index < -0.39 is 36.5 Å². The van der Waals surface area contributed by atoms with Crippen molar-refractivity contribution < 1.29 is 19.1 Å². The van der Waals surface area contributed by atoms with Gasteiger partial charge in [0.05, 0.1) is 23.7 Å². The maximum atomic E-state index is 13.6. The normalized spacial score (nSPS) is 18.6. The van der Waals surface area contributed by atoms with E-state index in [9.17, 15) is 19.2 Å². The molecular formula is C29H20Cl2N4O5. The van der Waals surface area contributed by atoms with Crippen molar-refractivity contribution in [3.8, 4) is 11.1 Å². The lowest BCUT2D eigenvalue weighted by Gasteiger charge is -2.22. The third-order valence-corrected chi connectivity index (χ3v) is 7.39. The highest BCUT2D eigenvalue weighted by molar-refractivity contribution is 6.31. The van der Waals surface area contributed by atoms with Gasteiger partial charge < -0.3 is 9.72 Å². The number of hydrogen-bond acceptors (Lipinski definition) is 6. The number of hydrogen-bond donors (Lipinski definition) is 2. The summed E-state index contributed by atoms with van der Waals surface area (Å²) in [6, 6.07) is 20.9. The van der Waals surface area contributed by atoms with E-state index in [-0.39, 0.29) is 12.0 Å². The van der Waals surface area contributed by atoms with Crippen LogP contribution in [0.4, 0.5) is 4.79 Å². The van der Waals surface area contributed by atoms with Crippen molar-refractivity contribution in [2.24, 2.45) is 5.10 Å². The number of carbonyl (C=O) groups is 3. The predicted molar refractivity (Wildman–Crippen MR) is 150 cm³/mol. The molecule has 11 heteroatoms. The standard InChI is InChI=1S/C29H20Cl2N4O5/c30-17-9-5-15(6-10-17)22-13-21(34-35(22)24(36)14-23-27(37)33-29(39)40-23)26-25(16-7-11-18(31)12-8-16)19-3-1-2-4-20(19)32-28(26)38/h1-12,22-23H,13-14H2,(H,32,38)(H,33,37,39). The number of fused-ring (bicyclic) bond motifs is 1. The minimum Gasteiger partial charge on any atom is -0.435 e. The Bertz CT molecular complexity index is 1770. The van der Waals surface area contributed by atoms with Gasteiger partial charge in [-0.25, -0.2) is 9.80 Å². The first kappa shape index (κ1) is 25.8. The van der Waals surface area contributed by atoms with Crippen LogP contribution in [0.15, 0.2) is 82.7 Å². The molecule has 3 aromatic carbocycles. The molecule has 2 aliphatic heterocycles. The summed E-state index contributed by atoms with van der Waals surface area (Å²) >= 11 is 12.3. The summed E-state index contributed by atoms with van der Waals surface area (Å²) in [5.74, 6) is -1.24. The van der Waals surface area contributed by atoms with E-state index in [2.05, 4.69) is 10.1 Å². The second kappa shape index (κ2) is 10.3. The lowest BCUT2D eigenvalue weighted by molar-refractivity contribution is -0.138. The zero-order valence-electron chi connectivity index (χ0n) is 20.7. The number of halogens is 2. The number of aromatic amines is 1. The third-order valence-electron chi connectivity index (χ3n) is 6.89. The second-order valence-electron chi connectivity index (χ2n) is 9.40. The number of carbonyl (C=O) groups excluding carboxylic acids is 3. The number of pyridine rings is 1. The molecule has 0 bridgehead atoms. The molecule has 1 fully saturated rings. The van der Waals surface area contributed by atoms with Crippen LogP contribution in [0.1, 0.15) is 30.0 Å². The van der Waals surface area contributed by atoms with Gasteiger partial charge in [0.15, 0.2) is 6.10 Å². The summed E-state index contributed by atoms with van der Waals surface area (Å²) in [5.41, 5.74) is 3.13. The van der Waals surface area contributed by atoms with E-state index in [1.807, 2.05) is 41.7 Å². The van der Waals surface area contributed by atoms with Crippen molar-refractivity contribution in [1.82, 2.24) is 15.3 Å². The largest absolute Gasteiger partial charge is 0.435 e. The Morgan fingerprint density at radius 2 is 1.60 bits per heavy atom. The molecule has 2 aliphatic rings. The molecule has 6 rings (SSSR count). The lowest BCUT2D eigenvalue weighted by atomic mass is 9.91. The van der Waals surface area contributed by atoms with Gasteiger partial charge in [-0.2, -0.15) is 5.10 Å². The number of cyclic esters (lactones) is 1. The van der Waals surface area contributed by atoms with Crippen molar-refractivity contribution in [2.75, 3.05) is 0 Å². The first-order valence-corrected chi connectivity index (χ1v) is 13.1. The summed E-state index contributed by atoms with van der Waals surface area (Å²) in [4.78, 5) is 53.6. The zero-order valence-corrected chi connectivity index (χ0v) is 22.2. The molecule has 1 saturated heterocycles. The van der Waals surface area contributed by atoms with Crippen molar-refractivity contribution in [1.29, 1.82) is 0 Å². The molecule has 9 nitrogen and oxygen atoms in total. The Hall–Kier alpha value is -4.47. The fraction of sp³-hybridized carbons (Fsp3) is 0.138. The number of rotatable bonds is 5. The molecule has 3 amide bonds. The molecule has 40 heavy (non-hydrogen) atoms.